The number of rotatable bonds is 8. The van der Waals surface area contributed by atoms with E-state index in [1.54, 1.807) is 38.3 Å². The molecule has 1 saturated carbocycles. The fourth-order valence-electron chi connectivity index (χ4n) is 4.87. The highest BCUT2D eigenvalue weighted by atomic mass is 16.5. The predicted octanol–water partition coefficient (Wildman–Crippen LogP) is 5.89. The number of nitrogens with zero attached hydrogens (tertiary/aromatic N) is 3. The van der Waals surface area contributed by atoms with Crippen molar-refractivity contribution in [1.82, 2.24) is 20.1 Å². The van der Waals surface area contributed by atoms with Crippen LogP contribution in [0.3, 0.4) is 0 Å². The molecule has 0 atom stereocenters. The topological polar surface area (TPSA) is 99.5 Å². The van der Waals surface area contributed by atoms with Gasteiger partial charge in [0.1, 0.15) is 11.3 Å². The van der Waals surface area contributed by atoms with Gasteiger partial charge in [0.05, 0.1) is 25.4 Å². The van der Waals surface area contributed by atoms with E-state index in [-0.39, 0.29) is 11.9 Å². The number of pyridine rings is 1. The van der Waals surface area contributed by atoms with Gasteiger partial charge < -0.3 is 24.8 Å². The molecule has 0 spiro atoms. The van der Waals surface area contributed by atoms with E-state index >= 15 is 0 Å². The maximum Gasteiger partial charge on any atom is 0.256 e. The van der Waals surface area contributed by atoms with Gasteiger partial charge in [-0.15, -0.1) is 0 Å². The van der Waals surface area contributed by atoms with Crippen molar-refractivity contribution in [2.45, 2.75) is 45.1 Å². The lowest BCUT2D eigenvalue weighted by Crippen LogP contribution is -2.36. The summed E-state index contributed by atoms with van der Waals surface area (Å²) in [6.07, 6.45) is 8.99. The van der Waals surface area contributed by atoms with Crippen molar-refractivity contribution in [3.05, 3.63) is 59.9 Å². The summed E-state index contributed by atoms with van der Waals surface area (Å²) < 4.78 is 19.0. The number of fused-ring (bicyclic) bond motifs is 1. The summed E-state index contributed by atoms with van der Waals surface area (Å²) >= 11 is 0. The molecule has 9 heteroatoms. The highest BCUT2D eigenvalue weighted by molar-refractivity contribution is 5.99. The highest BCUT2D eigenvalue weighted by Crippen LogP contribution is 2.39. The quantitative estimate of drug-likeness (QED) is 0.302. The van der Waals surface area contributed by atoms with E-state index in [0.717, 1.165) is 36.6 Å². The Bertz CT molecular complexity index is 1460. The van der Waals surface area contributed by atoms with Crippen molar-refractivity contribution in [1.29, 1.82) is 0 Å². The molecule has 1 amide bonds. The fourth-order valence-corrected chi connectivity index (χ4v) is 4.87. The number of aromatic nitrogens is 3. The number of nitrogens with one attached hydrogen (secondary N) is 2. The molecule has 38 heavy (non-hydrogen) atoms. The van der Waals surface area contributed by atoms with Crippen LogP contribution in [0, 0.1) is 6.92 Å². The number of amides is 1. The summed E-state index contributed by atoms with van der Waals surface area (Å²) in [7, 11) is 4.99. The fraction of sp³-hybridized carbons (Fsp3) is 0.345. The van der Waals surface area contributed by atoms with Crippen molar-refractivity contribution < 1.29 is 19.0 Å². The average Bonchev–Trinajstić information content (AvgIpc) is 3.30. The van der Waals surface area contributed by atoms with E-state index in [4.69, 9.17) is 14.2 Å². The van der Waals surface area contributed by atoms with Gasteiger partial charge in [-0.25, -0.2) is 0 Å². The standard InChI is InChI=1S/C29H33N5O4/c1-18-10-11-25(38-24-12-13-30-22-16-27(37-4)26(36-3)15-20(22)24)23(14-18)32-28-21(17-34(2)33-28)29(35)31-19-8-6-5-7-9-19/h10-17,19H,5-9H2,1-4H3,(H,31,35)(H,32,33). The van der Waals surface area contributed by atoms with E-state index in [1.807, 2.05) is 43.3 Å². The monoisotopic (exact) mass is 515 g/mol. The van der Waals surface area contributed by atoms with Crippen LogP contribution in [0.15, 0.2) is 48.8 Å². The van der Waals surface area contributed by atoms with Crippen molar-refractivity contribution >= 4 is 28.3 Å². The second kappa shape index (κ2) is 11.0. The summed E-state index contributed by atoms with van der Waals surface area (Å²) in [6, 6.07) is 11.5. The lowest BCUT2D eigenvalue weighted by molar-refractivity contribution is 0.0928. The van der Waals surface area contributed by atoms with Gasteiger partial charge in [-0.05, 0) is 49.6 Å². The molecule has 0 unspecified atom stereocenters. The van der Waals surface area contributed by atoms with E-state index in [9.17, 15) is 4.79 Å². The molecule has 1 aliphatic carbocycles. The van der Waals surface area contributed by atoms with Crippen LogP contribution in [-0.4, -0.2) is 40.9 Å². The number of aryl methyl sites for hydroxylation is 2. The van der Waals surface area contributed by atoms with Gasteiger partial charge in [0.15, 0.2) is 23.1 Å². The minimum absolute atomic E-state index is 0.121. The minimum Gasteiger partial charge on any atom is -0.493 e. The Morgan fingerprint density at radius 1 is 0.974 bits per heavy atom. The Kier molecular flexibility index (Phi) is 7.35. The Morgan fingerprint density at radius 3 is 2.50 bits per heavy atom. The first-order valence-corrected chi connectivity index (χ1v) is 12.9. The number of carbonyl (C=O) groups excluding carboxylic acids is 1. The van der Waals surface area contributed by atoms with Gasteiger partial charge in [0, 0.05) is 36.9 Å². The predicted molar refractivity (Wildman–Crippen MR) is 147 cm³/mol. The molecule has 2 N–H and O–H groups in total. The first-order valence-electron chi connectivity index (χ1n) is 12.9. The van der Waals surface area contributed by atoms with E-state index < -0.39 is 0 Å². The Labute approximate surface area is 222 Å². The minimum atomic E-state index is -0.121. The van der Waals surface area contributed by atoms with E-state index in [0.29, 0.717) is 45.6 Å². The number of hydrogen-bond acceptors (Lipinski definition) is 7. The molecule has 2 heterocycles. The maximum atomic E-state index is 13.2. The molecule has 1 aliphatic rings. The number of carbonyl (C=O) groups is 1. The first kappa shape index (κ1) is 25.4. The summed E-state index contributed by atoms with van der Waals surface area (Å²) in [5.41, 5.74) is 2.95. The van der Waals surface area contributed by atoms with Crippen molar-refractivity contribution in [2.75, 3.05) is 19.5 Å². The van der Waals surface area contributed by atoms with Crippen LogP contribution in [0.2, 0.25) is 0 Å². The molecule has 0 saturated heterocycles. The van der Waals surface area contributed by atoms with Crippen LogP contribution < -0.4 is 24.8 Å². The third-order valence-corrected chi connectivity index (χ3v) is 6.83. The van der Waals surface area contributed by atoms with Gasteiger partial charge >= 0.3 is 0 Å². The number of benzene rings is 2. The van der Waals surface area contributed by atoms with Crippen molar-refractivity contribution in [3.63, 3.8) is 0 Å². The van der Waals surface area contributed by atoms with Crippen LogP contribution in [-0.2, 0) is 7.05 Å². The summed E-state index contributed by atoms with van der Waals surface area (Å²) in [4.78, 5) is 17.6. The zero-order valence-corrected chi connectivity index (χ0v) is 22.2. The maximum absolute atomic E-state index is 13.2. The smallest absolute Gasteiger partial charge is 0.256 e. The SMILES string of the molecule is COc1cc2nccc(Oc3ccc(C)cc3Nc3nn(C)cc3C(=O)NC3CCCCC3)c2cc1OC. The number of anilines is 2. The van der Waals surface area contributed by atoms with Gasteiger partial charge in [0.2, 0.25) is 0 Å². The van der Waals surface area contributed by atoms with Gasteiger partial charge in [0.25, 0.3) is 5.91 Å². The van der Waals surface area contributed by atoms with Crippen LogP contribution in [0.25, 0.3) is 10.9 Å². The van der Waals surface area contributed by atoms with Gasteiger partial charge in [-0.3, -0.25) is 14.5 Å². The first-order chi connectivity index (χ1) is 18.4. The third-order valence-electron chi connectivity index (χ3n) is 6.83. The van der Waals surface area contributed by atoms with Crippen LogP contribution in [0.1, 0.15) is 48.0 Å². The molecular weight excluding hydrogens is 482 g/mol. The molecule has 2 aromatic carbocycles. The van der Waals surface area contributed by atoms with Crippen molar-refractivity contribution in [3.8, 4) is 23.0 Å². The molecule has 0 radical (unpaired) electrons. The lowest BCUT2D eigenvalue weighted by atomic mass is 9.95. The van der Waals surface area contributed by atoms with Gasteiger partial charge in [-0.2, -0.15) is 5.10 Å². The van der Waals surface area contributed by atoms with E-state index in [2.05, 4.69) is 20.7 Å². The van der Waals surface area contributed by atoms with Crippen molar-refractivity contribution in [2.24, 2.45) is 7.05 Å². The molecule has 1 fully saturated rings. The molecule has 5 rings (SSSR count). The number of methoxy groups -OCH3 is 2. The largest absolute Gasteiger partial charge is 0.493 e. The van der Waals surface area contributed by atoms with E-state index in [1.165, 1.54) is 6.42 Å². The Balaban J connectivity index is 1.45. The zero-order chi connectivity index (χ0) is 26.6. The second-order valence-electron chi connectivity index (χ2n) is 9.63. The molecular formula is C29H33N5O4. The lowest BCUT2D eigenvalue weighted by Gasteiger charge is -2.22. The molecule has 4 aromatic rings. The molecule has 9 nitrogen and oxygen atoms in total. The summed E-state index contributed by atoms with van der Waals surface area (Å²) in [5, 5.41) is 11.9. The average molecular weight is 516 g/mol. The second-order valence-corrected chi connectivity index (χ2v) is 9.63. The van der Waals surface area contributed by atoms with Gasteiger partial charge in [-0.1, -0.05) is 25.3 Å². The molecule has 2 aromatic heterocycles. The Morgan fingerprint density at radius 2 is 1.74 bits per heavy atom. The molecule has 198 valence electrons. The summed E-state index contributed by atoms with van der Waals surface area (Å²) in [5.74, 6) is 2.73. The summed E-state index contributed by atoms with van der Waals surface area (Å²) in [6.45, 7) is 2.00. The van der Waals surface area contributed by atoms with Crippen LogP contribution in [0.4, 0.5) is 11.5 Å². The van der Waals surface area contributed by atoms with Crippen LogP contribution >= 0.6 is 0 Å². The normalized spacial score (nSPS) is 13.8. The zero-order valence-electron chi connectivity index (χ0n) is 22.2. The Hall–Kier alpha value is -4.27. The van der Waals surface area contributed by atoms with Crippen LogP contribution in [0.5, 0.6) is 23.0 Å². The number of hydrogen-bond donors (Lipinski definition) is 2. The molecule has 0 bridgehead atoms. The third kappa shape index (κ3) is 5.37. The molecule has 0 aliphatic heterocycles. The number of ether oxygens (including phenoxy) is 3. The highest BCUT2D eigenvalue weighted by Gasteiger charge is 2.22.